The summed E-state index contributed by atoms with van der Waals surface area (Å²) in [6.07, 6.45) is -3.42. The van der Waals surface area contributed by atoms with Crippen LogP contribution in [0.25, 0.3) is 0 Å². The number of halogens is 5. The third kappa shape index (κ3) is 6.39. The van der Waals surface area contributed by atoms with Crippen LogP contribution >= 0.6 is 27.5 Å². The van der Waals surface area contributed by atoms with E-state index in [2.05, 4.69) is 26.5 Å². The molecule has 178 valence electrons. The number of hydrazone groups is 1. The molecule has 0 aliphatic carbocycles. The third-order valence-electron chi connectivity index (χ3n) is 4.47. The molecule has 0 radical (unpaired) electrons. The lowest BCUT2D eigenvalue weighted by Gasteiger charge is -2.13. The average Bonchev–Trinajstić information content (AvgIpc) is 2.78. The third-order valence-corrected chi connectivity index (χ3v) is 5.28. The highest BCUT2D eigenvalue weighted by Gasteiger charge is 2.33. The molecule has 0 saturated heterocycles. The van der Waals surface area contributed by atoms with Gasteiger partial charge in [0.1, 0.15) is 12.3 Å². The van der Waals surface area contributed by atoms with Crippen molar-refractivity contribution < 1.29 is 27.6 Å². The van der Waals surface area contributed by atoms with Gasteiger partial charge in [0.25, 0.3) is 5.69 Å². The first kappa shape index (κ1) is 25.3. The maximum Gasteiger partial charge on any atom is 0.416 e. The van der Waals surface area contributed by atoms with Gasteiger partial charge in [-0.25, -0.2) is 0 Å². The molecule has 0 aliphatic heterocycles. The Balaban J connectivity index is 1.77. The van der Waals surface area contributed by atoms with Crippen LogP contribution in [0.15, 0.2) is 64.2 Å². The highest BCUT2D eigenvalue weighted by molar-refractivity contribution is 9.10. The van der Waals surface area contributed by atoms with Crippen molar-refractivity contribution in [3.63, 3.8) is 0 Å². The number of methoxy groups -OCH3 is 1. The predicted octanol–water partition coefficient (Wildman–Crippen LogP) is 7.06. The van der Waals surface area contributed by atoms with E-state index in [0.717, 1.165) is 22.2 Å². The van der Waals surface area contributed by atoms with E-state index >= 15 is 0 Å². The summed E-state index contributed by atoms with van der Waals surface area (Å²) in [5, 5.41) is 15.3. The molecule has 3 rings (SSSR count). The Morgan fingerprint density at radius 2 is 1.88 bits per heavy atom. The van der Waals surface area contributed by atoms with Gasteiger partial charge >= 0.3 is 6.18 Å². The first-order chi connectivity index (χ1) is 16.1. The fraction of sp³-hybridized carbons (Fsp3) is 0.136. The van der Waals surface area contributed by atoms with Crippen LogP contribution < -0.4 is 14.9 Å². The van der Waals surface area contributed by atoms with E-state index in [1.165, 1.54) is 19.4 Å². The second-order valence-electron chi connectivity index (χ2n) is 6.81. The van der Waals surface area contributed by atoms with E-state index in [1.54, 1.807) is 6.07 Å². The molecule has 0 aliphatic rings. The molecule has 0 fully saturated rings. The van der Waals surface area contributed by atoms with Crippen molar-refractivity contribution in [1.29, 1.82) is 0 Å². The van der Waals surface area contributed by atoms with Crippen molar-refractivity contribution in [3.8, 4) is 11.5 Å². The van der Waals surface area contributed by atoms with Gasteiger partial charge in [0, 0.05) is 10.5 Å². The summed E-state index contributed by atoms with van der Waals surface area (Å²) in [5.74, 6) is 0.641. The number of benzene rings is 3. The van der Waals surface area contributed by atoms with Crippen LogP contribution in [-0.4, -0.2) is 18.2 Å². The standard InChI is InChI=1S/C22H16BrClF3N3O4/c1-33-20-9-14(8-17(24)21(20)34-12-13-2-5-16(23)6-3-13)11-28-29-18-7-4-15(22(25,26)27)10-19(18)30(31)32/h2-11,29H,12H2,1H3/b28-11-. The Morgan fingerprint density at radius 3 is 2.50 bits per heavy atom. The molecule has 12 heteroatoms. The average molecular weight is 559 g/mol. The zero-order valence-corrected chi connectivity index (χ0v) is 19.7. The smallest absolute Gasteiger partial charge is 0.416 e. The van der Waals surface area contributed by atoms with Crippen LogP contribution in [0.2, 0.25) is 5.02 Å². The van der Waals surface area contributed by atoms with Gasteiger partial charge in [-0.1, -0.05) is 39.7 Å². The Bertz CT molecular complexity index is 1220. The van der Waals surface area contributed by atoms with Crippen LogP contribution in [0.4, 0.5) is 24.5 Å². The zero-order chi connectivity index (χ0) is 24.9. The number of hydrogen-bond acceptors (Lipinski definition) is 6. The molecule has 3 aromatic rings. The molecule has 34 heavy (non-hydrogen) atoms. The lowest BCUT2D eigenvalue weighted by Crippen LogP contribution is -2.06. The first-order valence-electron chi connectivity index (χ1n) is 9.48. The summed E-state index contributed by atoms with van der Waals surface area (Å²) in [7, 11) is 1.43. The molecule has 0 bridgehead atoms. The molecule has 0 unspecified atom stereocenters. The number of anilines is 1. The summed E-state index contributed by atoms with van der Waals surface area (Å²) in [6.45, 7) is 0.246. The summed E-state index contributed by atoms with van der Waals surface area (Å²) < 4.78 is 50.6. The highest BCUT2D eigenvalue weighted by atomic mass is 79.9. The van der Waals surface area contributed by atoms with Crippen molar-refractivity contribution in [3.05, 3.63) is 90.9 Å². The van der Waals surface area contributed by atoms with Gasteiger partial charge in [-0.2, -0.15) is 18.3 Å². The van der Waals surface area contributed by atoms with Crippen molar-refractivity contribution in [2.75, 3.05) is 12.5 Å². The monoisotopic (exact) mass is 557 g/mol. The number of nitro benzene ring substituents is 1. The number of rotatable bonds is 8. The molecule has 0 aromatic heterocycles. The Morgan fingerprint density at radius 1 is 1.18 bits per heavy atom. The SMILES string of the molecule is COc1cc(/C=N\Nc2ccc(C(F)(F)F)cc2[N+](=O)[O-])cc(Cl)c1OCc1ccc(Br)cc1. The van der Waals surface area contributed by atoms with Crippen LogP contribution in [-0.2, 0) is 12.8 Å². The Kier molecular flexibility index (Phi) is 8.00. The number of ether oxygens (including phenoxy) is 2. The van der Waals surface area contributed by atoms with Crippen molar-refractivity contribution in [2.45, 2.75) is 12.8 Å². The normalized spacial score (nSPS) is 11.5. The maximum atomic E-state index is 12.8. The Labute approximate surface area is 205 Å². The molecule has 0 amide bonds. The van der Waals surface area contributed by atoms with Crippen LogP contribution in [0.5, 0.6) is 11.5 Å². The number of hydrogen-bond donors (Lipinski definition) is 1. The van der Waals surface area contributed by atoms with Crippen molar-refractivity contribution in [1.82, 2.24) is 0 Å². The van der Waals surface area contributed by atoms with Crippen LogP contribution in [0.1, 0.15) is 16.7 Å². The summed E-state index contributed by atoms with van der Waals surface area (Å²) >= 11 is 9.70. The molecule has 0 heterocycles. The molecule has 3 aromatic carbocycles. The lowest BCUT2D eigenvalue weighted by molar-refractivity contribution is -0.384. The van der Waals surface area contributed by atoms with Crippen LogP contribution in [0.3, 0.4) is 0 Å². The van der Waals surface area contributed by atoms with Gasteiger partial charge in [-0.15, -0.1) is 0 Å². The minimum absolute atomic E-state index is 0.207. The quantitative estimate of drug-likeness (QED) is 0.182. The van der Waals surface area contributed by atoms with E-state index < -0.39 is 22.4 Å². The van der Waals surface area contributed by atoms with E-state index in [1.807, 2.05) is 24.3 Å². The zero-order valence-electron chi connectivity index (χ0n) is 17.4. The van der Waals surface area contributed by atoms with Crippen molar-refractivity contribution >= 4 is 45.1 Å². The van der Waals surface area contributed by atoms with Gasteiger partial charge in [-0.05, 0) is 47.5 Å². The second kappa shape index (κ2) is 10.7. The molecule has 0 atom stereocenters. The highest BCUT2D eigenvalue weighted by Crippen LogP contribution is 2.37. The predicted molar refractivity (Wildman–Crippen MR) is 126 cm³/mol. The van der Waals surface area contributed by atoms with E-state index in [4.69, 9.17) is 21.1 Å². The molecule has 1 N–H and O–H groups in total. The molecular weight excluding hydrogens is 543 g/mol. The Hall–Kier alpha value is -3.31. The van der Waals surface area contributed by atoms with Gasteiger partial charge < -0.3 is 9.47 Å². The molecule has 0 spiro atoms. The van der Waals surface area contributed by atoms with Gasteiger partial charge in [0.15, 0.2) is 11.5 Å². The lowest BCUT2D eigenvalue weighted by atomic mass is 10.1. The van der Waals surface area contributed by atoms with Crippen molar-refractivity contribution in [2.24, 2.45) is 5.10 Å². The fourth-order valence-corrected chi connectivity index (χ4v) is 3.36. The first-order valence-corrected chi connectivity index (χ1v) is 10.6. The molecule has 0 saturated carbocycles. The van der Waals surface area contributed by atoms with E-state index in [9.17, 15) is 23.3 Å². The number of nitrogens with one attached hydrogen (secondary N) is 1. The summed E-state index contributed by atoms with van der Waals surface area (Å²) in [5.41, 5.74) is 1.65. The largest absolute Gasteiger partial charge is 0.493 e. The molecular formula is C22H16BrClF3N3O4. The minimum Gasteiger partial charge on any atom is -0.493 e. The van der Waals surface area contributed by atoms with Gasteiger partial charge in [0.05, 0.1) is 28.8 Å². The number of nitro groups is 1. The number of alkyl halides is 3. The second-order valence-corrected chi connectivity index (χ2v) is 8.13. The maximum absolute atomic E-state index is 12.8. The topological polar surface area (TPSA) is 86.0 Å². The van der Waals surface area contributed by atoms with Gasteiger partial charge in [0.2, 0.25) is 0 Å². The van der Waals surface area contributed by atoms with E-state index in [-0.39, 0.29) is 17.3 Å². The summed E-state index contributed by atoms with van der Waals surface area (Å²) in [4.78, 5) is 10.3. The minimum atomic E-state index is -4.71. The fourth-order valence-electron chi connectivity index (χ4n) is 2.82. The van der Waals surface area contributed by atoms with Crippen LogP contribution in [0, 0.1) is 10.1 Å². The number of nitrogens with zero attached hydrogens (tertiary/aromatic N) is 2. The summed E-state index contributed by atoms with van der Waals surface area (Å²) in [6, 6.07) is 12.7. The molecule has 7 nitrogen and oxygen atoms in total. The van der Waals surface area contributed by atoms with Gasteiger partial charge in [-0.3, -0.25) is 15.5 Å². The van der Waals surface area contributed by atoms with E-state index in [0.29, 0.717) is 23.1 Å².